The van der Waals surface area contributed by atoms with Gasteiger partial charge in [-0.1, -0.05) is 30.3 Å². The van der Waals surface area contributed by atoms with Crippen LogP contribution in [0, 0.1) is 17.5 Å². The molecule has 20 heavy (non-hydrogen) atoms. The third-order valence-corrected chi connectivity index (χ3v) is 2.99. The van der Waals surface area contributed by atoms with E-state index in [9.17, 15) is 23.1 Å². The Balaban J connectivity index is 2.37. The molecule has 2 rings (SSSR count). The van der Waals surface area contributed by atoms with Crippen LogP contribution in [0.25, 0.3) is 0 Å². The molecule has 1 N–H and O–H groups in total. The van der Waals surface area contributed by atoms with Crippen LogP contribution in [0.4, 0.5) is 13.2 Å². The molecule has 0 aromatic heterocycles. The molecule has 0 aliphatic rings. The van der Waals surface area contributed by atoms with Gasteiger partial charge in [0.2, 0.25) is 0 Å². The summed E-state index contributed by atoms with van der Waals surface area (Å²) in [7, 11) is 0. The summed E-state index contributed by atoms with van der Waals surface area (Å²) in [6.07, 6.45) is 0.0701. The summed E-state index contributed by atoms with van der Waals surface area (Å²) in [5.74, 6) is -6.74. The Hall–Kier alpha value is -2.30. The van der Waals surface area contributed by atoms with Crippen molar-refractivity contribution < 1.29 is 23.1 Å². The zero-order chi connectivity index (χ0) is 14.7. The lowest BCUT2D eigenvalue weighted by Crippen LogP contribution is -2.15. The first-order chi connectivity index (χ1) is 9.49. The smallest absolute Gasteiger partial charge is 0.311 e. The zero-order valence-corrected chi connectivity index (χ0v) is 10.3. The highest BCUT2D eigenvalue weighted by Crippen LogP contribution is 2.24. The van der Waals surface area contributed by atoms with Crippen molar-refractivity contribution in [3.8, 4) is 0 Å². The lowest BCUT2D eigenvalue weighted by molar-refractivity contribution is -0.138. The molecule has 0 radical (unpaired) electrons. The number of carbonyl (C=O) groups is 1. The number of halogens is 3. The minimum absolute atomic E-state index is 0.0701. The molecule has 0 fully saturated rings. The van der Waals surface area contributed by atoms with Gasteiger partial charge in [0.15, 0.2) is 17.5 Å². The molecular formula is C15H11F3O2. The third-order valence-electron chi connectivity index (χ3n) is 2.99. The van der Waals surface area contributed by atoms with Crippen molar-refractivity contribution in [3.63, 3.8) is 0 Å². The minimum Gasteiger partial charge on any atom is -0.481 e. The van der Waals surface area contributed by atoms with Crippen molar-refractivity contribution in [2.24, 2.45) is 0 Å². The van der Waals surface area contributed by atoms with Gasteiger partial charge in [-0.2, -0.15) is 0 Å². The lowest BCUT2D eigenvalue weighted by Gasteiger charge is -2.13. The molecule has 0 aliphatic heterocycles. The average Bonchev–Trinajstić information content (AvgIpc) is 2.42. The van der Waals surface area contributed by atoms with Crippen LogP contribution in [-0.4, -0.2) is 11.1 Å². The van der Waals surface area contributed by atoms with Crippen LogP contribution in [0.5, 0.6) is 0 Å². The highest BCUT2D eigenvalue weighted by molar-refractivity contribution is 5.76. The summed E-state index contributed by atoms with van der Waals surface area (Å²) in [6.45, 7) is 0. The Morgan fingerprint density at radius 3 is 2.10 bits per heavy atom. The van der Waals surface area contributed by atoms with E-state index in [4.69, 9.17) is 0 Å². The molecule has 2 aromatic carbocycles. The molecule has 0 spiro atoms. The fraction of sp³-hybridized carbons (Fsp3) is 0.133. The molecule has 0 heterocycles. The van der Waals surface area contributed by atoms with Gasteiger partial charge in [-0.25, -0.2) is 13.2 Å². The Bertz CT molecular complexity index is 603. The predicted molar refractivity (Wildman–Crippen MR) is 66.8 cm³/mol. The molecular weight excluding hydrogens is 269 g/mol. The molecule has 0 bridgehead atoms. The van der Waals surface area contributed by atoms with Crippen molar-refractivity contribution in [1.29, 1.82) is 0 Å². The van der Waals surface area contributed by atoms with E-state index in [0.29, 0.717) is 5.56 Å². The van der Waals surface area contributed by atoms with Crippen molar-refractivity contribution in [2.45, 2.75) is 12.3 Å². The van der Waals surface area contributed by atoms with Gasteiger partial charge in [0.1, 0.15) is 0 Å². The van der Waals surface area contributed by atoms with Crippen LogP contribution in [0.3, 0.4) is 0 Å². The molecule has 5 heteroatoms. The second-order valence-corrected chi connectivity index (χ2v) is 4.38. The van der Waals surface area contributed by atoms with Crippen molar-refractivity contribution >= 4 is 5.97 Å². The summed E-state index contributed by atoms with van der Waals surface area (Å²) < 4.78 is 39.3. The first kappa shape index (κ1) is 14.1. The number of hydrogen-bond donors (Lipinski definition) is 1. The second kappa shape index (κ2) is 5.77. The minimum atomic E-state index is -1.60. The molecule has 0 amide bonds. The number of aliphatic carboxylic acids is 1. The topological polar surface area (TPSA) is 37.3 Å². The second-order valence-electron chi connectivity index (χ2n) is 4.38. The summed E-state index contributed by atoms with van der Waals surface area (Å²) >= 11 is 0. The van der Waals surface area contributed by atoms with Crippen LogP contribution in [-0.2, 0) is 11.2 Å². The van der Waals surface area contributed by atoms with Gasteiger partial charge in [-0.3, -0.25) is 4.79 Å². The number of rotatable bonds is 4. The van der Waals surface area contributed by atoms with E-state index in [2.05, 4.69) is 0 Å². The molecule has 0 saturated carbocycles. The Morgan fingerprint density at radius 2 is 1.60 bits per heavy atom. The maximum absolute atomic E-state index is 13.2. The van der Waals surface area contributed by atoms with Crippen molar-refractivity contribution in [2.75, 3.05) is 0 Å². The van der Waals surface area contributed by atoms with E-state index in [-0.39, 0.29) is 12.0 Å². The molecule has 1 atom stereocenters. The van der Waals surface area contributed by atoms with E-state index >= 15 is 0 Å². The van der Waals surface area contributed by atoms with E-state index < -0.39 is 29.3 Å². The van der Waals surface area contributed by atoms with E-state index in [1.807, 2.05) is 0 Å². The number of carboxylic acids is 1. The Labute approximate surface area is 113 Å². The van der Waals surface area contributed by atoms with Crippen LogP contribution < -0.4 is 0 Å². The summed E-state index contributed by atoms with van der Waals surface area (Å²) in [6, 6.07) is 10.1. The van der Waals surface area contributed by atoms with Gasteiger partial charge in [-0.05, 0) is 29.7 Å². The van der Waals surface area contributed by atoms with Crippen molar-refractivity contribution in [3.05, 3.63) is 71.0 Å². The molecule has 0 aliphatic carbocycles. The maximum Gasteiger partial charge on any atom is 0.311 e. The predicted octanol–water partition coefficient (Wildman–Crippen LogP) is 3.51. The largest absolute Gasteiger partial charge is 0.481 e. The number of carboxylic acid groups (broad SMARTS) is 1. The van der Waals surface area contributed by atoms with Gasteiger partial charge in [0, 0.05) is 0 Å². The molecule has 2 aromatic rings. The van der Waals surface area contributed by atoms with Crippen LogP contribution in [0.15, 0.2) is 42.5 Å². The normalized spacial score (nSPS) is 12.2. The number of hydrogen-bond acceptors (Lipinski definition) is 1. The average molecular weight is 280 g/mol. The van der Waals surface area contributed by atoms with Gasteiger partial charge in [-0.15, -0.1) is 0 Å². The highest BCUT2D eigenvalue weighted by Gasteiger charge is 2.23. The van der Waals surface area contributed by atoms with Gasteiger partial charge in [0.05, 0.1) is 5.92 Å². The van der Waals surface area contributed by atoms with Gasteiger partial charge < -0.3 is 5.11 Å². The lowest BCUT2D eigenvalue weighted by atomic mass is 9.92. The Morgan fingerprint density at radius 1 is 1.05 bits per heavy atom. The van der Waals surface area contributed by atoms with E-state index in [1.165, 1.54) is 0 Å². The zero-order valence-electron chi connectivity index (χ0n) is 10.3. The van der Waals surface area contributed by atoms with Crippen LogP contribution in [0.1, 0.15) is 17.0 Å². The number of benzene rings is 2. The standard InChI is InChI=1S/C15H11F3O2/c16-12-7-10(8-13(17)14(12)18)11(15(19)20)6-9-4-2-1-3-5-9/h1-5,7-8,11H,6H2,(H,19,20). The van der Waals surface area contributed by atoms with E-state index in [1.54, 1.807) is 30.3 Å². The van der Waals surface area contributed by atoms with Crippen LogP contribution >= 0.6 is 0 Å². The van der Waals surface area contributed by atoms with Gasteiger partial charge in [0.25, 0.3) is 0 Å². The first-order valence-electron chi connectivity index (χ1n) is 5.90. The summed E-state index contributed by atoms with van der Waals surface area (Å²) in [5, 5.41) is 9.20. The fourth-order valence-corrected chi connectivity index (χ4v) is 1.97. The molecule has 2 nitrogen and oxygen atoms in total. The third kappa shape index (κ3) is 2.99. The monoisotopic (exact) mass is 280 g/mol. The molecule has 1 unspecified atom stereocenters. The van der Waals surface area contributed by atoms with Crippen molar-refractivity contribution in [1.82, 2.24) is 0 Å². The summed E-state index contributed by atoms with van der Waals surface area (Å²) in [4.78, 5) is 11.3. The molecule has 0 saturated heterocycles. The van der Waals surface area contributed by atoms with Crippen LogP contribution in [0.2, 0.25) is 0 Å². The van der Waals surface area contributed by atoms with Gasteiger partial charge >= 0.3 is 5.97 Å². The van der Waals surface area contributed by atoms with E-state index in [0.717, 1.165) is 12.1 Å². The SMILES string of the molecule is O=C(O)C(Cc1ccccc1)c1cc(F)c(F)c(F)c1. The fourth-order valence-electron chi connectivity index (χ4n) is 1.97. The first-order valence-corrected chi connectivity index (χ1v) is 5.90. The quantitative estimate of drug-likeness (QED) is 0.870. The maximum atomic E-state index is 13.2. The Kier molecular flexibility index (Phi) is 4.08. The summed E-state index contributed by atoms with van der Waals surface area (Å²) in [5.41, 5.74) is 0.614. The molecule has 104 valence electrons. The highest BCUT2D eigenvalue weighted by atomic mass is 19.2.